The Morgan fingerprint density at radius 2 is 0.560 bits per heavy atom. The highest BCUT2D eigenvalue weighted by atomic mass is 31.2. The van der Waals surface area contributed by atoms with Crippen molar-refractivity contribution in [1.82, 2.24) is 0 Å². The molecule has 0 bridgehead atoms. The number of hydrogen-bond donors (Lipinski definition) is 3. The van der Waals surface area contributed by atoms with Crippen LogP contribution in [0.5, 0.6) is 0 Å². The molecule has 0 heterocycles. The summed E-state index contributed by atoms with van der Waals surface area (Å²) in [5, 5.41) is 10.6. The van der Waals surface area contributed by atoms with Gasteiger partial charge in [0.25, 0.3) is 0 Å². The van der Waals surface area contributed by atoms with Gasteiger partial charge in [-0.1, -0.05) is 312 Å². The summed E-state index contributed by atoms with van der Waals surface area (Å²) in [5.74, 6) is 0.102. The van der Waals surface area contributed by atoms with Gasteiger partial charge in [0.2, 0.25) is 0 Å². The van der Waals surface area contributed by atoms with E-state index in [1.54, 1.807) is 0 Å². The van der Waals surface area contributed by atoms with E-state index in [0.717, 1.165) is 114 Å². The van der Waals surface area contributed by atoms with Crippen molar-refractivity contribution in [3.8, 4) is 0 Å². The molecule has 0 saturated heterocycles. The molecule has 0 radical (unpaired) electrons. The maximum atomic E-state index is 13.0. The van der Waals surface area contributed by atoms with Gasteiger partial charge in [0.05, 0.1) is 26.4 Å². The van der Waals surface area contributed by atoms with Crippen LogP contribution < -0.4 is 0 Å². The first-order chi connectivity index (χ1) is 43.8. The number of phosphoric acid groups is 2. The Hall–Kier alpha value is -1.94. The topological polar surface area (TPSA) is 237 Å². The van der Waals surface area contributed by atoms with Gasteiger partial charge in [0.1, 0.15) is 19.3 Å². The third kappa shape index (κ3) is 65.1. The zero-order valence-corrected chi connectivity index (χ0v) is 61.1. The number of aliphatic hydroxyl groups is 1. The van der Waals surface area contributed by atoms with Crippen molar-refractivity contribution in [3.63, 3.8) is 0 Å². The zero-order chi connectivity index (χ0) is 67.3. The molecule has 0 aliphatic carbocycles. The molecule has 91 heavy (non-hydrogen) atoms. The van der Waals surface area contributed by atoms with Gasteiger partial charge in [-0.3, -0.25) is 37.3 Å². The van der Waals surface area contributed by atoms with Gasteiger partial charge in [0, 0.05) is 25.7 Å². The summed E-state index contributed by atoms with van der Waals surface area (Å²) in [7, 11) is -9.91. The summed E-state index contributed by atoms with van der Waals surface area (Å²) in [6.07, 6.45) is 47.2. The summed E-state index contributed by atoms with van der Waals surface area (Å²) in [6.45, 7) is 11.8. The van der Waals surface area contributed by atoms with Crippen LogP contribution in [0.3, 0.4) is 0 Å². The van der Waals surface area contributed by atoms with E-state index in [-0.39, 0.29) is 25.7 Å². The van der Waals surface area contributed by atoms with E-state index in [1.165, 1.54) is 167 Å². The van der Waals surface area contributed by atoms with E-state index in [2.05, 4.69) is 48.5 Å². The Morgan fingerprint density at radius 1 is 0.319 bits per heavy atom. The third-order valence-electron chi connectivity index (χ3n) is 17.0. The molecule has 0 saturated carbocycles. The smallest absolute Gasteiger partial charge is 0.462 e. The summed E-state index contributed by atoms with van der Waals surface area (Å²) < 4.78 is 68.4. The Morgan fingerprint density at radius 3 is 0.835 bits per heavy atom. The quantitative estimate of drug-likeness (QED) is 0.0222. The van der Waals surface area contributed by atoms with Gasteiger partial charge in [0.15, 0.2) is 12.2 Å². The van der Waals surface area contributed by atoms with E-state index in [0.29, 0.717) is 25.7 Å². The zero-order valence-electron chi connectivity index (χ0n) is 59.3. The van der Waals surface area contributed by atoms with Crippen LogP contribution in [-0.2, 0) is 65.4 Å². The van der Waals surface area contributed by atoms with E-state index >= 15 is 0 Å². The minimum Gasteiger partial charge on any atom is -0.462 e. The second-order valence-electron chi connectivity index (χ2n) is 27.2. The average Bonchev–Trinajstić information content (AvgIpc) is 2.97. The number of ether oxygens (including phenoxy) is 4. The first-order valence-corrected chi connectivity index (χ1v) is 40.4. The number of carbonyl (C=O) groups is 4. The minimum atomic E-state index is -4.95. The Kier molecular flexibility index (Phi) is 61.5. The van der Waals surface area contributed by atoms with Crippen molar-refractivity contribution in [2.24, 2.45) is 17.8 Å². The van der Waals surface area contributed by atoms with Crippen molar-refractivity contribution in [3.05, 3.63) is 0 Å². The fraction of sp³-hybridized carbons (Fsp3) is 0.944. The number of hydrogen-bond acceptors (Lipinski definition) is 15. The van der Waals surface area contributed by atoms with Crippen LogP contribution in [-0.4, -0.2) is 96.7 Å². The molecule has 3 unspecified atom stereocenters. The fourth-order valence-electron chi connectivity index (χ4n) is 10.9. The second kappa shape index (κ2) is 62.8. The average molecular weight is 1340 g/mol. The summed E-state index contributed by atoms with van der Waals surface area (Å²) in [5.41, 5.74) is 0. The van der Waals surface area contributed by atoms with Crippen molar-refractivity contribution in [2.75, 3.05) is 39.6 Å². The van der Waals surface area contributed by atoms with E-state index in [9.17, 15) is 43.2 Å². The first kappa shape index (κ1) is 89.1. The van der Waals surface area contributed by atoms with Gasteiger partial charge >= 0.3 is 39.5 Å². The molecule has 17 nitrogen and oxygen atoms in total. The number of esters is 4. The molecule has 0 fully saturated rings. The molecular weight excluding hydrogens is 1200 g/mol. The highest BCUT2D eigenvalue weighted by molar-refractivity contribution is 7.47. The number of aliphatic hydroxyl groups excluding tert-OH is 1. The van der Waals surface area contributed by atoms with Crippen LogP contribution >= 0.6 is 15.6 Å². The monoisotopic (exact) mass is 1340 g/mol. The number of rotatable bonds is 70. The minimum absolute atomic E-state index is 0.104. The normalized spacial score (nSPS) is 14.5. The molecule has 19 heteroatoms. The maximum absolute atomic E-state index is 13.0. The molecule has 0 aliphatic heterocycles. The molecule has 0 amide bonds. The van der Waals surface area contributed by atoms with Crippen LogP contribution in [0.25, 0.3) is 0 Å². The number of phosphoric ester groups is 2. The lowest BCUT2D eigenvalue weighted by atomic mass is 10.00. The molecule has 0 aromatic carbocycles. The fourth-order valence-corrected chi connectivity index (χ4v) is 12.4. The number of carbonyl (C=O) groups excluding carboxylic acids is 4. The molecule has 0 spiro atoms. The van der Waals surface area contributed by atoms with Crippen molar-refractivity contribution in [1.29, 1.82) is 0 Å². The van der Waals surface area contributed by atoms with Gasteiger partial charge in [-0.25, -0.2) is 9.13 Å². The lowest BCUT2D eigenvalue weighted by molar-refractivity contribution is -0.161. The Labute approximate surface area is 556 Å². The maximum Gasteiger partial charge on any atom is 0.472 e. The molecule has 3 N–H and O–H groups in total. The summed E-state index contributed by atoms with van der Waals surface area (Å²) in [6, 6.07) is 0. The van der Waals surface area contributed by atoms with Gasteiger partial charge in [-0.05, 0) is 43.4 Å². The van der Waals surface area contributed by atoms with Crippen molar-refractivity contribution in [2.45, 2.75) is 381 Å². The highest BCUT2D eigenvalue weighted by Crippen LogP contribution is 2.45. The number of unbranched alkanes of at least 4 members (excludes halogenated alkanes) is 37. The van der Waals surface area contributed by atoms with Crippen molar-refractivity contribution >= 4 is 39.5 Å². The van der Waals surface area contributed by atoms with E-state index < -0.39 is 97.5 Å². The van der Waals surface area contributed by atoms with Crippen LogP contribution in [0.15, 0.2) is 0 Å². The molecule has 0 aromatic heterocycles. The summed E-state index contributed by atoms with van der Waals surface area (Å²) >= 11 is 0. The van der Waals surface area contributed by atoms with Crippen LogP contribution in [0.1, 0.15) is 363 Å². The third-order valence-corrected chi connectivity index (χ3v) is 18.9. The van der Waals surface area contributed by atoms with E-state index in [4.69, 9.17) is 37.0 Å². The molecule has 6 atom stereocenters. The molecule has 0 aliphatic rings. The van der Waals surface area contributed by atoms with Crippen LogP contribution in [0, 0.1) is 17.8 Å². The second-order valence-corrected chi connectivity index (χ2v) is 30.1. The first-order valence-electron chi connectivity index (χ1n) is 37.4. The van der Waals surface area contributed by atoms with Gasteiger partial charge in [-0.15, -0.1) is 0 Å². The molecule has 0 aromatic rings. The molecule has 0 rings (SSSR count). The van der Waals surface area contributed by atoms with Gasteiger partial charge < -0.3 is 33.8 Å². The predicted octanol–water partition coefficient (Wildman–Crippen LogP) is 20.6. The van der Waals surface area contributed by atoms with Crippen LogP contribution in [0.2, 0.25) is 0 Å². The predicted molar refractivity (Wildman–Crippen MR) is 368 cm³/mol. The highest BCUT2D eigenvalue weighted by Gasteiger charge is 2.30. The SMILES string of the molecule is CCCCCCCCCCCCCCCCCCC(=O)O[C@H](COC(=O)CCCCCCCCCCCCC(C)C)COP(=O)(O)OC[C@@H](O)COP(=O)(O)OC[C@@H](COC(=O)CCCCCCCCC(C)CC)OC(=O)CCCCCCCCCCCC(C)C. The van der Waals surface area contributed by atoms with Crippen LogP contribution in [0.4, 0.5) is 0 Å². The summed E-state index contributed by atoms with van der Waals surface area (Å²) in [4.78, 5) is 72.6. The Bertz CT molecular complexity index is 1790. The van der Waals surface area contributed by atoms with Crippen molar-refractivity contribution < 1.29 is 80.2 Å². The van der Waals surface area contributed by atoms with Gasteiger partial charge in [-0.2, -0.15) is 0 Å². The lowest BCUT2D eigenvalue weighted by Gasteiger charge is -2.21. The largest absolute Gasteiger partial charge is 0.472 e. The Balaban J connectivity index is 5.26. The van der Waals surface area contributed by atoms with E-state index in [1.807, 2.05) is 0 Å². The molecular formula is C72H140O17P2. The standard InChI is InChI=1S/C72H140O17P2/c1-8-10-11-12-13-14-15-16-17-18-19-20-27-32-41-48-55-71(76)88-67(59-82-69(74)53-46-39-31-26-22-21-24-29-36-43-50-63(3)4)61-86-90(78,79)84-57-66(73)58-85-91(80,81)87-62-68(60-83-70(75)54-47-40-35-34-38-45-52-65(7)9-2)89-72(77)56-49-42-33-28-23-25-30-37-44-51-64(5)6/h63-68,73H,8-62H2,1-7H3,(H,78,79)(H,80,81)/t65?,66-,67-,68-/m1/s1. The molecule has 540 valence electrons. The lowest BCUT2D eigenvalue weighted by Crippen LogP contribution is -2.30.